The number of hydrogen-bond acceptors (Lipinski definition) is 5. The van der Waals surface area contributed by atoms with Gasteiger partial charge in [-0.05, 0) is 32.4 Å². The number of aliphatic hydroxyl groups is 1. The molecule has 0 saturated heterocycles. The first kappa shape index (κ1) is 15.2. The minimum atomic E-state index is -0.0509. The number of H-pyrrole nitrogens is 1. The van der Waals surface area contributed by atoms with Crippen molar-refractivity contribution in [3.63, 3.8) is 0 Å². The van der Waals surface area contributed by atoms with Gasteiger partial charge in [-0.1, -0.05) is 6.92 Å². The summed E-state index contributed by atoms with van der Waals surface area (Å²) in [7, 11) is 0. The molecule has 0 aliphatic rings. The number of aliphatic hydroxyl groups excluding tert-OH is 1. The fourth-order valence-corrected chi connectivity index (χ4v) is 3.28. The molecular formula is C14H21N3O2S. The van der Waals surface area contributed by atoms with Crippen molar-refractivity contribution in [2.75, 3.05) is 19.7 Å². The Hall–Kier alpha value is -1.24. The van der Waals surface area contributed by atoms with E-state index in [1.54, 1.807) is 11.3 Å². The highest BCUT2D eigenvalue weighted by Crippen LogP contribution is 2.25. The average Bonchev–Trinajstić information content (AvgIpc) is 2.70. The second kappa shape index (κ2) is 6.47. The molecule has 110 valence electrons. The normalized spacial score (nSPS) is 11.7. The lowest BCUT2D eigenvalue weighted by Gasteiger charge is -2.18. The summed E-state index contributed by atoms with van der Waals surface area (Å²) in [5, 5.41) is 9.61. The summed E-state index contributed by atoms with van der Waals surface area (Å²) in [6.45, 7) is 8.50. The van der Waals surface area contributed by atoms with E-state index in [-0.39, 0.29) is 12.2 Å². The molecule has 0 aliphatic heterocycles. The molecule has 6 heteroatoms. The van der Waals surface area contributed by atoms with Crippen molar-refractivity contribution in [2.24, 2.45) is 0 Å². The van der Waals surface area contributed by atoms with Crippen molar-refractivity contribution in [1.82, 2.24) is 14.9 Å². The lowest BCUT2D eigenvalue weighted by atomic mass is 10.2. The molecule has 0 saturated carbocycles. The van der Waals surface area contributed by atoms with Gasteiger partial charge in [-0.3, -0.25) is 9.69 Å². The molecular weight excluding hydrogens is 274 g/mol. The van der Waals surface area contributed by atoms with Gasteiger partial charge in [-0.15, -0.1) is 11.3 Å². The number of hydrogen-bond donors (Lipinski definition) is 2. The highest BCUT2D eigenvalue weighted by molar-refractivity contribution is 7.18. The summed E-state index contributed by atoms with van der Waals surface area (Å²) in [4.78, 5) is 23.7. The maximum absolute atomic E-state index is 12.2. The van der Waals surface area contributed by atoms with Gasteiger partial charge in [-0.2, -0.15) is 0 Å². The summed E-state index contributed by atoms with van der Waals surface area (Å²) in [6.07, 6.45) is 0.734. The number of rotatable bonds is 6. The number of nitrogens with zero attached hydrogens (tertiary/aromatic N) is 2. The molecule has 0 atom stereocenters. The molecule has 0 unspecified atom stereocenters. The monoisotopic (exact) mass is 295 g/mol. The first-order valence-corrected chi connectivity index (χ1v) is 7.70. The summed E-state index contributed by atoms with van der Waals surface area (Å²) in [6, 6.07) is 0. The van der Waals surface area contributed by atoms with Crippen LogP contribution < -0.4 is 5.56 Å². The third-order valence-electron chi connectivity index (χ3n) is 3.54. The largest absolute Gasteiger partial charge is 0.396 e. The van der Waals surface area contributed by atoms with Crippen LogP contribution in [0.1, 0.15) is 29.6 Å². The minimum Gasteiger partial charge on any atom is -0.396 e. The molecule has 0 bridgehead atoms. The lowest BCUT2D eigenvalue weighted by molar-refractivity contribution is 0.222. The van der Waals surface area contributed by atoms with Gasteiger partial charge in [0, 0.05) is 18.0 Å². The minimum absolute atomic E-state index is 0.0509. The Bertz CT molecular complexity index is 648. The molecule has 0 aliphatic carbocycles. The molecule has 20 heavy (non-hydrogen) atoms. The van der Waals surface area contributed by atoms with E-state index in [1.165, 1.54) is 0 Å². The summed E-state index contributed by atoms with van der Waals surface area (Å²) >= 11 is 1.57. The van der Waals surface area contributed by atoms with Crippen LogP contribution in [0.3, 0.4) is 0 Å². The number of aromatic amines is 1. The molecule has 0 radical (unpaired) electrons. The number of aryl methyl sites for hydroxylation is 2. The summed E-state index contributed by atoms with van der Waals surface area (Å²) in [5.41, 5.74) is 0.975. The van der Waals surface area contributed by atoms with Crippen LogP contribution in [0.5, 0.6) is 0 Å². The van der Waals surface area contributed by atoms with E-state index in [0.717, 1.165) is 40.2 Å². The molecule has 2 aromatic rings. The third kappa shape index (κ3) is 3.08. The van der Waals surface area contributed by atoms with E-state index in [1.807, 2.05) is 13.8 Å². The Labute approximate surface area is 122 Å². The highest BCUT2D eigenvalue weighted by Gasteiger charge is 2.13. The van der Waals surface area contributed by atoms with Crippen LogP contribution in [0.15, 0.2) is 4.79 Å². The van der Waals surface area contributed by atoms with Gasteiger partial charge in [0.05, 0.1) is 11.9 Å². The highest BCUT2D eigenvalue weighted by atomic mass is 32.1. The maximum atomic E-state index is 12.2. The molecule has 2 N–H and O–H groups in total. The fraction of sp³-hybridized carbons (Fsp3) is 0.571. The molecule has 2 rings (SSSR count). The number of thiophene rings is 1. The summed E-state index contributed by atoms with van der Waals surface area (Å²) in [5.74, 6) is 0.698. The molecule has 2 heterocycles. The van der Waals surface area contributed by atoms with Crippen LogP contribution in [0.4, 0.5) is 0 Å². The van der Waals surface area contributed by atoms with Crippen LogP contribution in [0.2, 0.25) is 0 Å². The van der Waals surface area contributed by atoms with E-state index in [0.29, 0.717) is 12.4 Å². The Morgan fingerprint density at radius 2 is 2.15 bits per heavy atom. The van der Waals surface area contributed by atoms with Crippen molar-refractivity contribution < 1.29 is 5.11 Å². The van der Waals surface area contributed by atoms with Gasteiger partial charge in [-0.25, -0.2) is 4.98 Å². The van der Waals surface area contributed by atoms with Gasteiger partial charge >= 0.3 is 0 Å². The predicted octanol–water partition coefficient (Wildman–Crippen LogP) is 1.81. The molecule has 0 amide bonds. The maximum Gasteiger partial charge on any atom is 0.259 e. The van der Waals surface area contributed by atoms with Gasteiger partial charge in [0.15, 0.2) is 0 Å². The quantitative estimate of drug-likeness (QED) is 0.852. The van der Waals surface area contributed by atoms with Gasteiger partial charge in [0.2, 0.25) is 0 Å². The van der Waals surface area contributed by atoms with Crippen LogP contribution >= 0.6 is 11.3 Å². The Morgan fingerprint density at radius 1 is 1.40 bits per heavy atom. The summed E-state index contributed by atoms with van der Waals surface area (Å²) < 4.78 is 0. The van der Waals surface area contributed by atoms with E-state index >= 15 is 0 Å². The molecule has 0 aromatic carbocycles. The third-order valence-corrected chi connectivity index (χ3v) is 4.64. The zero-order valence-electron chi connectivity index (χ0n) is 12.2. The predicted molar refractivity (Wildman–Crippen MR) is 82.4 cm³/mol. The smallest absolute Gasteiger partial charge is 0.259 e. The average molecular weight is 295 g/mol. The second-order valence-electron chi connectivity index (χ2n) is 4.92. The molecule has 5 nitrogen and oxygen atoms in total. The van der Waals surface area contributed by atoms with Crippen LogP contribution in [-0.4, -0.2) is 39.7 Å². The number of fused-ring (bicyclic) bond motifs is 1. The molecule has 0 spiro atoms. The van der Waals surface area contributed by atoms with Crippen molar-refractivity contribution >= 4 is 21.6 Å². The Balaban J connectivity index is 2.29. The van der Waals surface area contributed by atoms with Crippen LogP contribution in [0.25, 0.3) is 10.2 Å². The molecule has 0 fully saturated rings. The van der Waals surface area contributed by atoms with Gasteiger partial charge in [0.1, 0.15) is 10.7 Å². The van der Waals surface area contributed by atoms with Crippen LogP contribution in [0, 0.1) is 13.8 Å². The number of aromatic nitrogens is 2. The first-order chi connectivity index (χ1) is 9.56. The topological polar surface area (TPSA) is 69.2 Å². The van der Waals surface area contributed by atoms with Gasteiger partial charge < -0.3 is 10.1 Å². The first-order valence-electron chi connectivity index (χ1n) is 6.89. The zero-order valence-corrected chi connectivity index (χ0v) is 13.0. The lowest BCUT2D eigenvalue weighted by Crippen LogP contribution is -2.27. The fourth-order valence-electron chi connectivity index (χ4n) is 2.23. The number of nitrogens with one attached hydrogen (secondary N) is 1. The van der Waals surface area contributed by atoms with Crippen LogP contribution in [-0.2, 0) is 6.54 Å². The van der Waals surface area contributed by atoms with Crippen molar-refractivity contribution in [3.05, 3.63) is 26.6 Å². The Morgan fingerprint density at radius 3 is 2.80 bits per heavy atom. The van der Waals surface area contributed by atoms with E-state index in [2.05, 4.69) is 21.8 Å². The van der Waals surface area contributed by atoms with Crippen molar-refractivity contribution in [3.8, 4) is 0 Å². The van der Waals surface area contributed by atoms with Gasteiger partial charge in [0.25, 0.3) is 5.56 Å². The van der Waals surface area contributed by atoms with E-state index in [9.17, 15) is 4.79 Å². The van der Waals surface area contributed by atoms with Crippen molar-refractivity contribution in [2.45, 2.75) is 33.7 Å². The molecule has 2 aromatic heterocycles. The SMILES string of the molecule is CCN(CCCO)Cc1nc2sc(C)c(C)c2c(=O)[nH]1. The zero-order chi connectivity index (χ0) is 14.7. The second-order valence-corrected chi connectivity index (χ2v) is 6.13. The standard InChI is InChI=1S/C14H21N3O2S/c1-4-17(6-5-7-18)8-11-15-13(19)12-9(2)10(3)20-14(12)16-11/h18H,4-8H2,1-3H3,(H,15,16,19). The van der Waals surface area contributed by atoms with Crippen molar-refractivity contribution in [1.29, 1.82) is 0 Å². The Kier molecular flexibility index (Phi) is 4.91. The van der Waals surface area contributed by atoms with E-state index in [4.69, 9.17) is 5.11 Å². The van der Waals surface area contributed by atoms with E-state index < -0.39 is 0 Å².